The molecule has 2 fully saturated rings. The maximum Gasteiger partial charge on any atom is 0.259 e. The van der Waals surface area contributed by atoms with Crippen molar-refractivity contribution in [1.82, 2.24) is 19.3 Å². The predicted molar refractivity (Wildman–Crippen MR) is 183 cm³/mol. The Bertz CT molecular complexity index is 1990. The first-order chi connectivity index (χ1) is 22.8. The van der Waals surface area contributed by atoms with Crippen LogP contribution in [0.3, 0.4) is 0 Å². The predicted octanol–water partition coefficient (Wildman–Crippen LogP) is 4.43. The minimum Gasteiger partial charge on any atom is -0.451 e. The number of hydrogen-bond acceptors (Lipinski definition) is 8. The molecule has 4 aromatic rings. The number of hydrogen-bond donors (Lipinski definition) is 1. The molecule has 47 heavy (non-hydrogen) atoms. The summed E-state index contributed by atoms with van der Waals surface area (Å²) in [4.78, 5) is 40.2. The molecule has 0 aliphatic carbocycles. The van der Waals surface area contributed by atoms with E-state index in [2.05, 4.69) is 16.5 Å². The van der Waals surface area contributed by atoms with Gasteiger partial charge in [-0.25, -0.2) is 9.38 Å². The van der Waals surface area contributed by atoms with Crippen molar-refractivity contribution in [3.05, 3.63) is 107 Å². The first-order valence-corrected chi connectivity index (χ1v) is 15.7. The first-order valence-electron chi connectivity index (χ1n) is 15.7. The Morgan fingerprint density at radius 3 is 2.40 bits per heavy atom. The number of allylic oxidation sites excluding steroid dienone is 1. The van der Waals surface area contributed by atoms with Crippen LogP contribution in [0, 0.1) is 5.82 Å². The lowest BCUT2D eigenvalue weighted by Crippen LogP contribution is -2.48. The second kappa shape index (κ2) is 12.4. The molecule has 2 N–H and O–H groups in total. The summed E-state index contributed by atoms with van der Waals surface area (Å²) < 4.78 is 24.5. The monoisotopic (exact) mass is 633 g/mol. The van der Waals surface area contributed by atoms with E-state index in [-0.39, 0.29) is 16.7 Å². The Hall–Kier alpha value is -5.42. The van der Waals surface area contributed by atoms with Crippen LogP contribution in [-0.2, 0) is 0 Å². The van der Waals surface area contributed by atoms with E-state index < -0.39 is 17.2 Å². The molecule has 7 rings (SSSR count). The van der Waals surface area contributed by atoms with Crippen LogP contribution in [0.15, 0.2) is 95.3 Å². The molecule has 3 aliphatic rings. The van der Waals surface area contributed by atoms with E-state index in [1.807, 2.05) is 69.9 Å². The molecule has 3 aromatic carbocycles. The van der Waals surface area contributed by atoms with Crippen LogP contribution in [0.25, 0.3) is 27.7 Å². The van der Waals surface area contributed by atoms with E-state index >= 15 is 4.39 Å². The number of likely N-dealkylation sites (N-methyl/N-ethyl adjacent to an activating group) is 1. The van der Waals surface area contributed by atoms with Crippen molar-refractivity contribution in [3.8, 4) is 28.3 Å². The van der Waals surface area contributed by atoms with Crippen LogP contribution < -0.4 is 20.8 Å². The number of nitrogens with two attached hydrogens (primary N) is 1. The van der Waals surface area contributed by atoms with Gasteiger partial charge in [0.25, 0.3) is 5.91 Å². The van der Waals surface area contributed by atoms with Crippen LogP contribution in [0.5, 0.6) is 11.5 Å². The number of carbonyl (C=O) groups excluding carboxylic acids is 1. The number of rotatable bonds is 6. The highest BCUT2D eigenvalue weighted by Crippen LogP contribution is 2.47. The third kappa shape index (κ3) is 5.52. The zero-order valence-electron chi connectivity index (χ0n) is 26.2. The molecular formula is C36H36FN7O3. The Balaban J connectivity index is 1.33. The molecule has 10 nitrogen and oxygen atoms in total. The van der Waals surface area contributed by atoms with Gasteiger partial charge in [-0.05, 0) is 48.6 Å². The summed E-state index contributed by atoms with van der Waals surface area (Å²) in [6.07, 6.45) is 6.17. The summed E-state index contributed by atoms with van der Waals surface area (Å²) >= 11 is 0. The second-order valence-electron chi connectivity index (χ2n) is 12.0. The van der Waals surface area contributed by atoms with Crippen molar-refractivity contribution in [2.45, 2.75) is 0 Å². The van der Waals surface area contributed by atoms with E-state index in [1.165, 1.54) is 12.3 Å². The molecule has 1 aromatic heterocycles. The van der Waals surface area contributed by atoms with Gasteiger partial charge in [0.05, 0.1) is 11.1 Å². The molecule has 3 aliphatic heterocycles. The number of piperazine rings is 2. The summed E-state index contributed by atoms with van der Waals surface area (Å²) in [6.45, 7) is 8.52. The zero-order valence-corrected chi connectivity index (χ0v) is 26.2. The van der Waals surface area contributed by atoms with Crippen molar-refractivity contribution in [1.29, 1.82) is 0 Å². The zero-order chi connectivity index (χ0) is 32.7. The number of amides is 1. The third-order valence-electron chi connectivity index (χ3n) is 9.11. The fourth-order valence-electron chi connectivity index (χ4n) is 6.49. The number of pyridine rings is 1. The molecular weight excluding hydrogens is 597 g/mol. The number of fused-ring (bicyclic) bond motifs is 2. The van der Waals surface area contributed by atoms with Gasteiger partial charge in [0.1, 0.15) is 22.6 Å². The van der Waals surface area contributed by atoms with E-state index in [9.17, 15) is 9.59 Å². The van der Waals surface area contributed by atoms with Gasteiger partial charge in [-0.2, -0.15) is 0 Å². The van der Waals surface area contributed by atoms with Gasteiger partial charge in [-0.15, -0.1) is 0 Å². The van der Waals surface area contributed by atoms with Gasteiger partial charge in [-0.3, -0.25) is 9.59 Å². The van der Waals surface area contributed by atoms with Crippen molar-refractivity contribution in [2.75, 3.05) is 64.3 Å². The second-order valence-corrected chi connectivity index (χ2v) is 12.0. The van der Waals surface area contributed by atoms with Gasteiger partial charge < -0.3 is 34.6 Å². The average Bonchev–Trinajstić information content (AvgIpc) is 3.10. The highest BCUT2D eigenvalue weighted by atomic mass is 19.1. The van der Waals surface area contributed by atoms with E-state index in [0.29, 0.717) is 67.7 Å². The van der Waals surface area contributed by atoms with E-state index in [1.54, 1.807) is 23.4 Å². The molecule has 0 unspecified atom stereocenters. The van der Waals surface area contributed by atoms with Gasteiger partial charge >= 0.3 is 0 Å². The number of carbonyl (C=O) groups is 1. The Morgan fingerprint density at radius 1 is 0.957 bits per heavy atom. The summed E-state index contributed by atoms with van der Waals surface area (Å²) in [5.41, 5.74) is 8.23. The fourth-order valence-corrected chi connectivity index (χ4v) is 6.49. The minimum absolute atomic E-state index is 0.0217. The van der Waals surface area contributed by atoms with E-state index in [4.69, 9.17) is 10.5 Å². The quantitative estimate of drug-likeness (QED) is 0.277. The molecule has 240 valence electrons. The van der Waals surface area contributed by atoms with Gasteiger partial charge in [0, 0.05) is 64.8 Å². The lowest BCUT2D eigenvalue weighted by Gasteiger charge is -2.37. The number of aliphatic imine (C=N–C) groups is 1. The molecule has 0 saturated carbocycles. The normalized spacial score (nSPS) is 16.6. The standard InChI is InChI=1S/C36H36FN7O3/c1-24(39-12-6-11-38)41-17-19-43(20-18-41)36(46)28-23-44-30-21-26(25-7-4-3-5-8-25)9-10-31(30)47-35-32(44)27(34(28)45)22-29(37)33(35)42-15-13-40(2)14-16-42/h3-12,21-23H,1,13-20,38H2,2H3/b11-6-,39-12-. The molecule has 1 amide bonds. The van der Waals surface area contributed by atoms with Gasteiger partial charge in [-0.1, -0.05) is 43.0 Å². The minimum atomic E-state index is -0.549. The first kappa shape index (κ1) is 30.2. The summed E-state index contributed by atoms with van der Waals surface area (Å²) in [5.74, 6) is 0.413. The topological polar surface area (TPSA) is 99.6 Å². The molecule has 2 saturated heterocycles. The lowest BCUT2D eigenvalue weighted by atomic mass is 10.0. The SMILES string of the molecule is C=C(/N=C\C=C/N)N1CCN(C(=O)c2cn3c4c(c(N5CCN(C)CC5)c(F)cc4c2=O)Oc2ccc(-c4ccccc4)cc2-3)CC1. The Morgan fingerprint density at radius 2 is 1.68 bits per heavy atom. The summed E-state index contributed by atoms with van der Waals surface area (Å²) in [6, 6.07) is 17.0. The van der Waals surface area contributed by atoms with Gasteiger partial charge in [0.2, 0.25) is 5.43 Å². The molecule has 11 heteroatoms. The summed E-state index contributed by atoms with van der Waals surface area (Å²) in [7, 11) is 2.04. The highest BCUT2D eigenvalue weighted by Gasteiger charge is 2.33. The van der Waals surface area contributed by atoms with Crippen LogP contribution in [0.2, 0.25) is 0 Å². The van der Waals surface area contributed by atoms with Crippen molar-refractivity contribution < 1.29 is 13.9 Å². The fraction of sp³-hybridized carbons (Fsp3) is 0.250. The van der Waals surface area contributed by atoms with Crippen molar-refractivity contribution in [2.24, 2.45) is 10.7 Å². The maximum atomic E-state index is 16.1. The molecule has 0 spiro atoms. The Kier molecular flexibility index (Phi) is 7.98. The van der Waals surface area contributed by atoms with Gasteiger partial charge in [0.15, 0.2) is 17.3 Å². The number of nitrogens with zero attached hydrogens (tertiary/aromatic N) is 6. The van der Waals surface area contributed by atoms with Crippen molar-refractivity contribution in [3.63, 3.8) is 0 Å². The Labute approximate surface area is 272 Å². The summed E-state index contributed by atoms with van der Waals surface area (Å²) in [5, 5.41) is 0.103. The van der Waals surface area contributed by atoms with Crippen molar-refractivity contribution >= 4 is 28.7 Å². The highest BCUT2D eigenvalue weighted by molar-refractivity contribution is 6.01. The van der Waals surface area contributed by atoms with Crippen LogP contribution in [0.1, 0.15) is 10.4 Å². The smallest absolute Gasteiger partial charge is 0.259 e. The van der Waals surface area contributed by atoms with E-state index in [0.717, 1.165) is 24.2 Å². The van der Waals surface area contributed by atoms with Crippen LogP contribution in [0.4, 0.5) is 10.1 Å². The number of anilines is 1. The lowest BCUT2D eigenvalue weighted by molar-refractivity contribution is 0.0667. The number of halogens is 1. The molecule has 4 heterocycles. The van der Waals surface area contributed by atoms with Crippen LogP contribution >= 0.6 is 0 Å². The number of benzene rings is 3. The third-order valence-corrected chi connectivity index (χ3v) is 9.11. The number of ether oxygens (including phenoxy) is 1. The molecule has 0 radical (unpaired) electrons. The molecule has 0 bridgehead atoms. The maximum absolute atomic E-state index is 16.1. The van der Waals surface area contributed by atoms with Crippen LogP contribution in [-0.4, -0.2) is 90.8 Å². The number of aromatic nitrogens is 1. The molecule has 0 atom stereocenters. The average molecular weight is 634 g/mol. The largest absolute Gasteiger partial charge is 0.451 e.